The molecule has 146 valence electrons. The molecule has 0 radical (unpaired) electrons. The van der Waals surface area contributed by atoms with Crippen molar-refractivity contribution in [2.45, 2.75) is 32.9 Å². The Balaban J connectivity index is 1.57. The third-order valence-electron chi connectivity index (χ3n) is 5.49. The number of aromatic nitrogens is 4. The molecule has 2 heterocycles. The zero-order chi connectivity index (χ0) is 20.0. The third kappa shape index (κ3) is 3.34. The van der Waals surface area contributed by atoms with Crippen molar-refractivity contribution in [3.05, 3.63) is 70.2 Å². The van der Waals surface area contributed by atoms with Gasteiger partial charge in [-0.15, -0.1) is 5.10 Å². The van der Waals surface area contributed by atoms with Gasteiger partial charge < -0.3 is 4.90 Å². The first kappa shape index (κ1) is 18.1. The predicted octanol–water partition coefficient (Wildman–Crippen LogP) is 4.18. The molecule has 0 aliphatic heterocycles. The molecule has 1 fully saturated rings. The van der Waals surface area contributed by atoms with E-state index in [4.69, 9.17) is 11.6 Å². The second-order valence-electron chi connectivity index (χ2n) is 7.66. The van der Waals surface area contributed by atoms with Crippen LogP contribution in [0, 0.1) is 12.8 Å². The second-order valence-corrected chi connectivity index (χ2v) is 8.06. The minimum Gasteiger partial charge on any atom is -0.334 e. The van der Waals surface area contributed by atoms with Crippen LogP contribution in [0.1, 0.15) is 29.5 Å². The van der Waals surface area contributed by atoms with Crippen LogP contribution in [0.25, 0.3) is 16.6 Å². The Hall–Kier alpha value is -2.99. The number of halogens is 1. The van der Waals surface area contributed by atoms with E-state index in [-0.39, 0.29) is 11.8 Å². The molecule has 2 aromatic carbocycles. The van der Waals surface area contributed by atoms with Crippen molar-refractivity contribution in [3.8, 4) is 0 Å². The molecule has 6 nitrogen and oxygen atoms in total. The molecule has 1 amide bonds. The summed E-state index contributed by atoms with van der Waals surface area (Å²) >= 11 is 6.37. The van der Waals surface area contributed by atoms with Crippen molar-refractivity contribution in [1.29, 1.82) is 0 Å². The number of fused-ring (bicyclic) bond motifs is 3. The van der Waals surface area contributed by atoms with Gasteiger partial charge in [0.25, 0.3) is 0 Å². The van der Waals surface area contributed by atoms with Crippen LogP contribution in [0.15, 0.2) is 48.5 Å². The third-order valence-corrected chi connectivity index (χ3v) is 5.85. The molecule has 7 heteroatoms. The SMILES string of the molecule is Cc1cccc2cc(CN(Cc3ccccc3Cl)C(=O)C3CC3)c3nnnn3c12. The van der Waals surface area contributed by atoms with Gasteiger partial charge in [-0.05, 0) is 53.5 Å². The van der Waals surface area contributed by atoms with Crippen molar-refractivity contribution in [2.24, 2.45) is 5.92 Å². The van der Waals surface area contributed by atoms with Crippen LogP contribution in [0.5, 0.6) is 0 Å². The topological polar surface area (TPSA) is 63.4 Å². The summed E-state index contributed by atoms with van der Waals surface area (Å²) in [7, 11) is 0. The number of rotatable bonds is 5. The molecule has 29 heavy (non-hydrogen) atoms. The van der Waals surface area contributed by atoms with Gasteiger partial charge in [0.05, 0.1) is 5.52 Å². The van der Waals surface area contributed by atoms with E-state index < -0.39 is 0 Å². The van der Waals surface area contributed by atoms with E-state index in [1.54, 1.807) is 4.52 Å². The van der Waals surface area contributed by atoms with Gasteiger partial charge in [0.1, 0.15) is 0 Å². The van der Waals surface area contributed by atoms with Crippen molar-refractivity contribution in [2.75, 3.05) is 0 Å². The molecule has 0 spiro atoms. The number of hydrogen-bond acceptors (Lipinski definition) is 4. The Morgan fingerprint density at radius 1 is 1.14 bits per heavy atom. The summed E-state index contributed by atoms with van der Waals surface area (Å²) in [6.45, 7) is 2.95. The van der Waals surface area contributed by atoms with Gasteiger partial charge in [0.15, 0.2) is 5.65 Å². The van der Waals surface area contributed by atoms with Crippen LogP contribution in [-0.4, -0.2) is 30.8 Å². The highest BCUT2D eigenvalue weighted by molar-refractivity contribution is 6.31. The molecule has 5 rings (SSSR count). The minimum absolute atomic E-state index is 0.118. The predicted molar refractivity (Wildman–Crippen MR) is 111 cm³/mol. The van der Waals surface area contributed by atoms with E-state index in [1.165, 1.54) is 0 Å². The first-order valence-corrected chi connectivity index (χ1v) is 10.1. The van der Waals surface area contributed by atoms with Gasteiger partial charge in [-0.1, -0.05) is 48.0 Å². The van der Waals surface area contributed by atoms with E-state index in [2.05, 4.69) is 21.6 Å². The molecule has 0 unspecified atom stereocenters. The average Bonchev–Trinajstić information content (AvgIpc) is 3.45. The number of nitrogens with zero attached hydrogens (tertiary/aromatic N) is 5. The molecule has 0 saturated heterocycles. The molecule has 0 N–H and O–H groups in total. The summed E-state index contributed by atoms with van der Waals surface area (Å²) in [6, 6.07) is 15.9. The highest BCUT2D eigenvalue weighted by Crippen LogP contribution is 2.33. The maximum atomic E-state index is 13.0. The maximum absolute atomic E-state index is 13.0. The standard InChI is InChI=1S/C22H20ClN5O/c1-14-5-4-7-16-11-18(21-24-25-26-28(21)20(14)16)13-27(22(29)15-9-10-15)12-17-6-2-3-8-19(17)23/h2-8,11,15H,9-10,12-13H2,1H3. The average molecular weight is 406 g/mol. The largest absolute Gasteiger partial charge is 0.334 e. The Morgan fingerprint density at radius 2 is 1.93 bits per heavy atom. The number of para-hydroxylation sites is 1. The van der Waals surface area contributed by atoms with Gasteiger partial charge in [0, 0.05) is 35.0 Å². The Kier molecular flexibility index (Phi) is 4.43. The summed E-state index contributed by atoms with van der Waals surface area (Å²) in [4.78, 5) is 14.9. The van der Waals surface area contributed by atoms with Crippen LogP contribution in [0.4, 0.5) is 0 Å². The Morgan fingerprint density at radius 3 is 2.72 bits per heavy atom. The smallest absolute Gasteiger partial charge is 0.226 e. The number of carbonyl (C=O) groups excluding carboxylic acids is 1. The van der Waals surface area contributed by atoms with Crippen molar-refractivity contribution >= 4 is 34.1 Å². The van der Waals surface area contributed by atoms with Crippen molar-refractivity contribution in [3.63, 3.8) is 0 Å². The molecule has 1 aliphatic rings. The van der Waals surface area contributed by atoms with Crippen LogP contribution in [0.2, 0.25) is 5.02 Å². The molecular weight excluding hydrogens is 386 g/mol. The van der Waals surface area contributed by atoms with E-state index in [1.807, 2.05) is 54.3 Å². The number of amides is 1. The quantitative estimate of drug-likeness (QED) is 0.499. The van der Waals surface area contributed by atoms with E-state index >= 15 is 0 Å². The van der Waals surface area contributed by atoms with Crippen molar-refractivity contribution in [1.82, 2.24) is 24.9 Å². The van der Waals surface area contributed by atoms with Gasteiger partial charge in [-0.3, -0.25) is 4.79 Å². The molecule has 0 atom stereocenters. The van der Waals surface area contributed by atoms with Crippen molar-refractivity contribution < 1.29 is 4.79 Å². The summed E-state index contributed by atoms with van der Waals surface area (Å²) in [5, 5.41) is 14.1. The number of tetrazole rings is 1. The summed E-state index contributed by atoms with van der Waals surface area (Å²) in [5.41, 5.74) is 4.64. The summed E-state index contributed by atoms with van der Waals surface area (Å²) in [5.74, 6) is 0.284. The van der Waals surface area contributed by atoms with Crippen LogP contribution in [-0.2, 0) is 17.9 Å². The van der Waals surface area contributed by atoms with E-state index in [9.17, 15) is 4.79 Å². The molecule has 4 aromatic rings. The molecule has 2 aromatic heterocycles. The molecular formula is C22H20ClN5O. The number of aryl methyl sites for hydroxylation is 1. The van der Waals surface area contributed by atoms with Crippen LogP contribution in [0.3, 0.4) is 0 Å². The lowest BCUT2D eigenvalue weighted by molar-refractivity contribution is -0.133. The normalized spacial score (nSPS) is 13.9. The fourth-order valence-corrected chi connectivity index (χ4v) is 4.03. The number of hydrogen-bond donors (Lipinski definition) is 0. The summed E-state index contributed by atoms with van der Waals surface area (Å²) < 4.78 is 1.77. The second kappa shape index (κ2) is 7.12. The zero-order valence-corrected chi connectivity index (χ0v) is 16.8. The van der Waals surface area contributed by atoms with Gasteiger partial charge in [0.2, 0.25) is 5.91 Å². The Bertz CT molecular complexity index is 1230. The fraction of sp³-hybridized carbons (Fsp3) is 0.273. The number of pyridine rings is 1. The van der Waals surface area contributed by atoms with Crippen LogP contribution < -0.4 is 0 Å². The fourth-order valence-electron chi connectivity index (χ4n) is 3.83. The number of benzene rings is 2. The lowest BCUT2D eigenvalue weighted by atomic mass is 10.1. The lowest BCUT2D eigenvalue weighted by Gasteiger charge is -2.24. The van der Waals surface area contributed by atoms with E-state index in [0.717, 1.165) is 40.4 Å². The summed E-state index contributed by atoms with van der Waals surface area (Å²) in [6.07, 6.45) is 1.91. The molecule has 1 saturated carbocycles. The maximum Gasteiger partial charge on any atom is 0.226 e. The highest BCUT2D eigenvalue weighted by atomic mass is 35.5. The minimum atomic E-state index is 0.118. The lowest BCUT2D eigenvalue weighted by Crippen LogP contribution is -2.31. The van der Waals surface area contributed by atoms with E-state index in [0.29, 0.717) is 23.8 Å². The first-order chi connectivity index (χ1) is 14.1. The van der Waals surface area contributed by atoms with Gasteiger partial charge in [-0.2, -0.15) is 4.52 Å². The first-order valence-electron chi connectivity index (χ1n) is 9.73. The van der Waals surface area contributed by atoms with Crippen LogP contribution >= 0.6 is 11.6 Å². The van der Waals surface area contributed by atoms with Gasteiger partial charge in [-0.25, -0.2) is 0 Å². The zero-order valence-electron chi connectivity index (χ0n) is 16.0. The molecule has 1 aliphatic carbocycles. The molecule has 0 bridgehead atoms. The highest BCUT2D eigenvalue weighted by Gasteiger charge is 2.34. The monoisotopic (exact) mass is 405 g/mol. The van der Waals surface area contributed by atoms with Gasteiger partial charge >= 0.3 is 0 Å². The Labute approximate surface area is 173 Å². The number of carbonyl (C=O) groups is 1.